The number of para-hydroxylation sites is 1. The summed E-state index contributed by atoms with van der Waals surface area (Å²) in [5.41, 5.74) is 6.12. The van der Waals surface area contributed by atoms with Crippen molar-refractivity contribution in [3.05, 3.63) is 65.4 Å². The normalized spacial score (nSPS) is 10.4. The summed E-state index contributed by atoms with van der Waals surface area (Å²) in [6.45, 7) is 0. The molecule has 7 heteroatoms. The van der Waals surface area contributed by atoms with Crippen LogP contribution in [-0.4, -0.2) is 24.9 Å². The summed E-state index contributed by atoms with van der Waals surface area (Å²) < 4.78 is 10.1. The van der Waals surface area contributed by atoms with Gasteiger partial charge < -0.3 is 20.2 Å². The van der Waals surface area contributed by atoms with Crippen LogP contribution in [0.4, 0.5) is 5.69 Å². The minimum absolute atomic E-state index is 0.107. The SMILES string of the molecule is COC(=O)c1ccccc1C(=O)Nc1c(C(N)=O)oc2ccccc12. The van der Waals surface area contributed by atoms with Gasteiger partial charge in [0.05, 0.1) is 18.2 Å². The first kappa shape index (κ1) is 16.3. The zero-order valence-corrected chi connectivity index (χ0v) is 13.2. The van der Waals surface area contributed by atoms with Gasteiger partial charge in [0, 0.05) is 5.39 Å². The number of nitrogens with two attached hydrogens (primary N) is 1. The van der Waals surface area contributed by atoms with Crippen molar-refractivity contribution in [2.45, 2.75) is 0 Å². The molecule has 3 N–H and O–H groups in total. The average Bonchev–Trinajstić information content (AvgIpc) is 3.00. The van der Waals surface area contributed by atoms with E-state index in [2.05, 4.69) is 10.1 Å². The fourth-order valence-electron chi connectivity index (χ4n) is 2.49. The van der Waals surface area contributed by atoms with E-state index in [1.54, 1.807) is 36.4 Å². The zero-order chi connectivity index (χ0) is 18.0. The van der Waals surface area contributed by atoms with Crippen LogP contribution in [0.3, 0.4) is 0 Å². The molecule has 1 heterocycles. The Labute approximate surface area is 142 Å². The number of methoxy groups -OCH3 is 1. The van der Waals surface area contributed by atoms with Gasteiger partial charge in [-0.2, -0.15) is 0 Å². The van der Waals surface area contributed by atoms with Gasteiger partial charge in [0.25, 0.3) is 11.8 Å². The molecule has 0 bridgehead atoms. The van der Waals surface area contributed by atoms with Gasteiger partial charge in [-0.25, -0.2) is 4.79 Å². The van der Waals surface area contributed by atoms with E-state index in [0.29, 0.717) is 11.0 Å². The monoisotopic (exact) mass is 338 g/mol. The first-order valence-electron chi connectivity index (χ1n) is 7.33. The van der Waals surface area contributed by atoms with Crippen molar-refractivity contribution in [1.82, 2.24) is 0 Å². The Morgan fingerprint density at radius 2 is 1.64 bits per heavy atom. The van der Waals surface area contributed by atoms with E-state index in [1.807, 2.05) is 0 Å². The van der Waals surface area contributed by atoms with Gasteiger partial charge >= 0.3 is 5.97 Å². The van der Waals surface area contributed by atoms with Crippen LogP contribution in [-0.2, 0) is 4.74 Å². The molecule has 0 aliphatic rings. The van der Waals surface area contributed by atoms with Crippen LogP contribution < -0.4 is 11.1 Å². The van der Waals surface area contributed by atoms with Gasteiger partial charge in [-0.15, -0.1) is 0 Å². The first-order valence-corrected chi connectivity index (χ1v) is 7.33. The number of nitrogens with one attached hydrogen (secondary N) is 1. The predicted molar refractivity (Wildman–Crippen MR) is 90.5 cm³/mol. The van der Waals surface area contributed by atoms with Gasteiger partial charge in [0.1, 0.15) is 11.3 Å². The maximum atomic E-state index is 12.7. The number of hydrogen-bond donors (Lipinski definition) is 2. The highest BCUT2D eigenvalue weighted by Crippen LogP contribution is 2.31. The highest BCUT2D eigenvalue weighted by Gasteiger charge is 2.23. The number of primary amides is 1. The number of carbonyl (C=O) groups excluding carboxylic acids is 3. The lowest BCUT2D eigenvalue weighted by atomic mass is 10.1. The summed E-state index contributed by atoms with van der Waals surface area (Å²) in [5, 5.41) is 3.14. The summed E-state index contributed by atoms with van der Waals surface area (Å²) in [6, 6.07) is 13.0. The molecule has 0 spiro atoms. The van der Waals surface area contributed by atoms with Crippen LogP contribution in [0.25, 0.3) is 11.0 Å². The van der Waals surface area contributed by atoms with Gasteiger partial charge in [0.2, 0.25) is 5.76 Å². The number of carbonyl (C=O) groups is 3. The fraction of sp³-hybridized carbons (Fsp3) is 0.0556. The molecule has 0 aliphatic carbocycles. The number of furan rings is 1. The molecule has 1 aromatic heterocycles. The fourth-order valence-corrected chi connectivity index (χ4v) is 2.49. The first-order chi connectivity index (χ1) is 12.0. The Morgan fingerprint density at radius 1 is 1.00 bits per heavy atom. The van der Waals surface area contributed by atoms with Crippen LogP contribution >= 0.6 is 0 Å². The van der Waals surface area contributed by atoms with E-state index >= 15 is 0 Å². The molecule has 3 aromatic rings. The third-order valence-corrected chi connectivity index (χ3v) is 3.63. The Kier molecular flexibility index (Phi) is 4.21. The smallest absolute Gasteiger partial charge is 0.338 e. The lowest BCUT2D eigenvalue weighted by Crippen LogP contribution is -2.19. The van der Waals surface area contributed by atoms with E-state index in [4.69, 9.17) is 10.2 Å². The number of benzene rings is 2. The second-order valence-electron chi connectivity index (χ2n) is 5.16. The molecular weight excluding hydrogens is 324 g/mol. The largest absolute Gasteiger partial charge is 0.465 e. The topological polar surface area (TPSA) is 112 Å². The molecule has 2 amide bonds. The number of rotatable bonds is 4. The molecule has 7 nitrogen and oxygen atoms in total. The molecule has 0 saturated heterocycles. The molecule has 25 heavy (non-hydrogen) atoms. The second-order valence-corrected chi connectivity index (χ2v) is 5.16. The Morgan fingerprint density at radius 3 is 2.32 bits per heavy atom. The molecule has 0 saturated carbocycles. The second kappa shape index (κ2) is 6.48. The highest BCUT2D eigenvalue weighted by molar-refractivity contribution is 6.16. The van der Waals surface area contributed by atoms with E-state index in [1.165, 1.54) is 19.2 Å². The third-order valence-electron chi connectivity index (χ3n) is 3.63. The van der Waals surface area contributed by atoms with Crippen molar-refractivity contribution in [1.29, 1.82) is 0 Å². The van der Waals surface area contributed by atoms with E-state index in [9.17, 15) is 14.4 Å². The summed E-state index contributed by atoms with van der Waals surface area (Å²) in [6.07, 6.45) is 0. The highest BCUT2D eigenvalue weighted by atomic mass is 16.5. The average molecular weight is 338 g/mol. The number of fused-ring (bicyclic) bond motifs is 1. The van der Waals surface area contributed by atoms with Crippen molar-refractivity contribution in [3.8, 4) is 0 Å². The van der Waals surface area contributed by atoms with Crippen molar-refractivity contribution < 1.29 is 23.5 Å². The predicted octanol–water partition coefficient (Wildman–Crippen LogP) is 2.57. The van der Waals surface area contributed by atoms with Gasteiger partial charge in [-0.05, 0) is 24.3 Å². The Bertz CT molecular complexity index is 990. The van der Waals surface area contributed by atoms with E-state index in [0.717, 1.165) is 0 Å². The van der Waals surface area contributed by atoms with Crippen LogP contribution in [0.2, 0.25) is 0 Å². The molecule has 0 fully saturated rings. The van der Waals surface area contributed by atoms with Gasteiger partial charge in [0.15, 0.2) is 0 Å². The Hall–Kier alpha value is -3.61. The zero-order valence-electron chi connectivity index (χ0n) is 13.2. The Balaban J connectivity index is 2.05. The summed E-state index contributed by atoms with van der Waals surface area (Å²) >= 11 is 0. The molecule has 0 unspecified atom stereocenters. The van der Waals surface area contributed by atoms with E-state index in [-0.39, 0.29) is 22.6 Å². The standard InChI is InChI=1S/C18H14N2O5/c1-24-18(23)11-7-3-2-6-10(11)17(22)20-14-12-8-4-5-9-13(12)25-15(14)16(19)21/h2-9H,1H3,(H2,19,21)(H,20,22). The maximum Gasteiger partial charge on any atom is 0.338 e. The molecule has 3 rings (SSSR count). The van der Waals surface area contributed by atoms with Gasteiger partial charge in [-0.1, -0.05) is 24.3 Å². The van der Waals surface area contributed by atoms with Crippen LogP contribution in [0.5, 0.6) is 0 Å². The summed E-state index contributed by atoms with van der Waals surface area (Å²) in [5.74, 6) is -2.20. The van der Waals surface area contributed by atoms with Crippen LogP contribution in [0.1, 0.15) is 31.3 Å². The van der Waals surface area contributed by atoms with E-state index < -0.39 is 17.8 Å². The maximum absolute atomic E-state index is 12.7. The molecule has 126 valence electrons. The van der Waals surface area contributed by atoms with Crippen molar-refractivity contribution in [2.75, 3.05) is 12.4 Å². The number of esters is 1. The number of amides is 2. The number of ether oxygens (including phenoxy) is 1. The van der Waals surface area contributed by atoms with Crippen molar-refractivity contribution >= 4 is 34.4 Å². The van der Waals surface area contributed by atoms with Crippen LogP contribution in [0.15, 0.2) is 52.9 Å². The summed E-state index contributed by atoms with van der Waals surface area (Å²) in [7, 11) is 1.23. The van der Waals surface area contributed by atoms with Crippen molar-refractivity contribution in [2.24, 2.45) is 5.73 Å². The molecule has 0 radical (unpaired) electrons. The van der Waals surface area contributed by atoms with Gasteiger partial charge in [-0.3, -0.25) is 9.59 Å². The lowest BCUT2D eigenvalue weighted by molar-refractivity contribution is 0.0597. The minimum Gasteiger partial charge on any atom is -0.465 e. The summed E-state index contributed by atoms with van der Waals surface area (Å²) in [4.78, 5) is 36.1. The minimum atomic E-state index is -0.812. The van der Waals surface area contributed by atoms with Crippen molar-refractivity contribution in [3.63, 3.8) is 0 Å². The number of hydrogen-bond acceptors (Lipinski definition) is 5. The number of anilines is 1. The molecule has 0 atom stereocenters. The quantitative estimate of drug-likeness (QED) is 0.710. The molecular formula is C18H14N2O5. The molecule has 2 aromatic carbocycles. The molecule has 0 aliphatic heterocycles. The lowest BCUT2D eigenvalue weighted by Gasteiger charge is -2.08. The van der Waals surface area contributed by atoms with Crippen LogP contribution in [0, 0.1) is 0 Å². The third kappa shape index (κ3) is 2.94.